The summed E-state index contributed by atoms with van der Waals surface area (Å²) in [5, 5.41) is 23.9. The van der Waals surface area contributed by atoms with Gasteiger partial charge in [-0.1, -0.05) is 23.7 Å². The lowest BCUT2D eigenvalue weighted by molar-refractivity contribution is 0.297. The second kappa shape index (κ2) is 10.8. The van der Waals surface area contributed by atoms with Crippen LogP contribution in [0, 0.1) is 22.7 Å². The fourth-order valence-corrected chi connectivity index (χ4v) is 4.30. The van der Waals surface area contributed by atoms with Crippen molar-refractivity contribution in [1.29, 1.82) is 10.5 Å². The molecule has 1 N–H and O–H groups in total. The summed E-state index contributed by atoms with van der Waals surface area (Å²) < 4.78 is 10.9. The Morgan fingerprint density at radius 3 is 2.40 bits per heavy atom. The molecule has 0 unspecified atom stereocenters. The lowest BCUT2D eigenvalue weighted by Gasteiger charge is -2.38. The SMILES string of the molecule is COc1cc2ncnc(N3CCN(C(NCc4cccc(Cl)c4)=C(C#N)C#N)CC3)c2cc1OC. The Morgan fingerprint density at radius 2 is 1.74 bits per heavy atom. The summed E-state index contributed by atoms with van der Waals surface area (Å²) in [6, 6.07) is 15.2. The molecule has 0 atom stereocenters. The number of nitriles is 2. The number of rotatable bonds is 7. The molecule has 1 aromatic heterocycles. The number of methoxy groups -OCH3 is 2. The highest BCUT2D eigenvalue weighted by molar-refractivity contribution is 6.30. The van der Waals surface area contributed by atoms with Gasteiger partial charge in [0, 0.05) is 49.2 Å². The average molecular weight is 490 g/mol. The summed E-state index contributed by atoms with van der Waals surface area (Å²) >= 11 is 6.09. The van der Waals surface area contributed by atoms with Gasteiger partial charge in [0.1, 0.15) is 30.1 Å². The van der Waals surface area contributed by atoms with Gasteiger partial charge in [-0.15, -0.1) is 0 Å². The van der Waals surface area contributed by atoms with Crippen LogP contribution in [0.5, 0.6) is 11.5 Å². The third-order valence-electron chi connectivity index (χ3n) is 5.82. The Kier molecular flexibility index (Phi) is 7.39. The summed E-state index contributed by atoms with van der Waals surface area (Å²) in [7, 11) is 3.19. The first-order chi connectivity index (χ1) is 17.1. The molecule has 0 radical (unpaired) electrons. The number of aromatic nitrogens is 2. The first-order valence-corrected chi connectivity index (χ1v) is 11.3. The summed E-state index contributed by atoms with van der Waals surface area (Å²) in [4.78, 5) is 13.1. The van der Waals surface area contributed by atoms with Crippen molar-refractivity contribution in [3.8, 4) is 23.6 Å². The van der Waals surface area contributed by atoms with Crippen LogP contribution in [0.15, 0.2) is 54.1 Å². The van der Waals surface area contributed by atoms with Gasteiger partial charge in [-0.3, -0.25) is 0 Å². The molecule has 3 aromatic rings. The van der Waals surface area contributed by atoms with Gasteiger partial charge < -0.3 is 24.6 Å². The van der Waals surface area contributed by atoms with Crippen molar-refractivity contribution in [2.45, 2.75) is 6.54 Å². The number of nitrogens with zero attached hydrogens (tertiary/aromatic N) is 6. The summed E-state index contributed by atoms with van der Waals surface area (Å²) in [6.45, 7) is 2.94. The van der Waals surface area contributed by atoms with Crippen LogP contribution >= 0.6 is 11.6 Å². The molecule has 178 valence electrons. The van der Waals surface area contributed by atoms with Gasteiger partial charge in [0.15, 0.2) is 17.1 Å². The lowest BCUT2D eigenvalue weighted by Crippen LogP contribution is -2.48. The number of allylic oxidation sites excluding steroid dienone is 1. The predicted molar refractivity (Wildman–Crippen MR) is 133 cm³/mol. The number of nitrogens with one attached hydrogen (secondary N) is 1. The fraction of sp³-hybridized carbons (Fsp3) is 0.280. The van der Waals surface area contributed by atoms with E-state index in [1.54, 1.807) is 20.3 Å². The normalized spacial score (nSPS) is 13.1. The van der Waals surface area contributed by atoms with Crippen LogP contribution in [0.1, 0.15) is 5.56 Å². The van der Waals surface area contributed by atoms with Gasteiger partial charge in [0.25, 0.3) is 0 Å². The molecule has 0 saturated carbocycles. The molecule has 2 heterocycles. The molecule has 0 aliphatic carbocycles. The van der Waals surface area contributed by atoms with E-state index >= 15 is 0 Å². The Morgan fingerprint density at radius 1 is 1.03 bits per heavy atom. The zero-order chi connectivity index (χ0) is 24.8. The van der Waals surface area contributed by atoms with E-state index in [2.05, 4.69) is 20.2 Å². The van der Waals surface area contributed by atoms with E-state index in [4.69, 9.17) is 21.1 Å². The molecule has 0 spiro atoms. The van der Waals surface area contributed by atoms with Gasteiger partial charge in [-0.25, -0.2) is 9.97 Å². The van der Waals surface area contributed by atoms with Crippen molar-refractivity contribution in [2.75, 3.05) is 45.3 Å². The summed E-state index contributed by atoms with van der Waals surface area (Å²) in [5.74, 6) is 2.54. The van der Waals surface area contributed by atoms with Crippen molar-refractivity contribution in [3.63, 3.8) is 0 Å². The fourth-order valence-electron chi connectivity index (χ4n) is 4.09. The first kappa shape index (κ1) is 23.9. The standard InChI is InChI=1S/C25H24ClN7O2/c1-34-22-11-20-21(12-23(22)35-2)30-16-31-25(20)33-8-6-32(7-9-33)24(18(13-27)14-28)29-15-17-4-3-5-19(26)10-17/h3-5,10-12,16,29H,6-9,15H2,1-2H3. The lowest BCUT2D eigenvalue weighted by atomic mass is 10.1. The molecule has 1 aliphatic rings. The molecule has 10 heteroatoms. The quantitative estimate of drug-likeness (QED) is 0.498. The van der Waals surface area contributed by atoms with Crippen molar-refractivity contribution < 1.29 is 9.47 Å². The largest absolute Gasteiger partial charge is 0.493 e. The van der Waals surface area contributed by atoms with Gasteiger partial charge in [-0.05, 0) is 23.8 Å². The summed E-state index contributed by atoms with van der Waals surface area (Å²) in [6.07, 6.45) is 1.54. The second-order valence-electron chi connectivity index (χ2n) is 7.83. The Balaban J connectivity index is 1.54. The topological polar surface area (TPSA) is 110 Å². The van der Waals surface area contributed by atoms with Crippen LogP contribution in [0.2, 0.25) is 5.02 Å². The number of halogens is 1. The Labute approximate surface area is 208 Å². The monoisotopic (exact) mass is 489 g/mol. The third-order valence-corrected chi connectivity index (χ3v) is 6.06. The number of hydrogen-bond acceptors (Lipinski definition) is 9. The zero-order valence-corrected chi connectivity index (χ0v) is 20.2. The van der Waals surface area contributed by atoms with E-state index in [1.807, 2.05) is 47.4 Å². The number of anilines is 1. The molecule has 2 aromatic carbocycles. The first-order valence-electron chi connectivity index (χ1n) is 11.0. The van der Waals surface area contributed by atoms with Crippen molar-refractivity contribution in [2.24, 2.45) is 0 Å². The summed E-state index contributed by atoms with van der Waals surface area (Å²) in [5.41, 5.74) is 1.76. The third kappa shape index (κ3) is 5.16. The molecule has 4 rings (SSSR count). The van der Waals surface area contributed by atoms with E-state index in [1.165, 1.54) is 6.33 Å². The highest BCUT2D eigenvalue weighted by Crippen LogP contribution is 2.35. The van der Waals surface area contributed by atoms with Crippen LogP contribution in [0.25, 0.3) is 10.9 Å². The van der Waals surface area contributed by atoms with E-state index < -0.39 is 0 Å². The number of piperazine rings is 1. The smallest absolute Gasteiger partial charge is 0.169 e. The van der Waals surface area contributed by atoms with E-state index in [0.717, 1.165) is 22.3 Å². The van der Waals surface area contributed by atoms with Crippen LogP contribution in [-0.4, -0.2) is 55.3 Å². The van der Waals surface area contributed by atoms with Gasteiger partial charge >= 0.3 is 0 Å². The van der Waals surface area contributed by atoms with Crippen molar-refractivity contribution >= 4 is 28.3 Å². The van der Waals surface area contributed by atoms with Crippen LogP contribution < -0.4 is 19.7 Å². The van der Waals surface area contributed by atoms with Gasteiger partial charge in [0.2, 0.25) is 0 Å². The van der Waals surface area contributed by atoms with Crippen molar-refractivity contribution in [3.05, 3.63) is 64.7 Å². The minimum atomic E-state index is 0.0461. The molecule has 35 heavy (non-hydrogen) atoms. The second-order valence-corrected chi connectivity index (χ2v) is 8.26. The molecule has 1 fully saturated rings. The maximum atomic E-state index is 9.54. The molecule has 9 nitrogen and oxygen atoms in total. The highest BCUT2D eigenvalue weighted by Gasteiger charge is 2.24. The predicted octanol–water partition coefficient (Wildman–Crippen LogP) is 3.47. The number of hydrogen-bond donors (Lipinski definition) is 1. The van der Waals surface area contributed by atoms with E-state index in [0.29, 0.717) is 55.1 Å². The number of fused-ring (bicyclic) bond motifs is 1. The molecule has 1 aliphatic heterocycles. The van der Waals surface area contributed by atoms with Crippen molar-refractivity contribution in [1.82, 2.24) is 20.2 Å². The van der Waals surface area contributed by atoms with E-state index in [9.17, 15) is 10.5 Å². The maximum absolute atomic E-state index is 9.54. The van der Waals surface area contributed by atoms with Crippen LogP contribution in [0.3, 0.4) is 0 Å². The van der Waals surface area contributed by atoms with Gasteiger partial charge in [0.05, 0.1) is 19.7 Å². The molecule has 0 bridgehead atoms. The number of ether oxygens (including phenoxy) is 2. The molecule has 0 amide bonds. The molecular weight excluding hydrogens is 466 g/mol. The molecular formula is C25H24ClN7O2. The average Bonchev–Trinajstić information content (AvgIpc) is 2.90. The Bertz CT molecular complexity index is 1320. The molecule has 1 saturated heterocycles. The van der Waals surface area contributed by atoms with Crippen LogP contribution in [0.4, 0.5) is 5.82 Å². The zero-order valence-electron chi connectivity index (χ0n) is 19.5. The highest BCUT2D eigenvalue weighted by atomic mass is 35.5. The minimum Gasteiger partial charge on any atom is -0.493 e. The van der Waals surface area contributed by atoms with Crippen LogP contribution in [-0.2, 0) is 6.54 Å². The maximum Gasteiger partial charge on any atom is 0.169 e. The van der Waals surface area contributed by atoms with Gasteiger partial charge in [-0.2, -0.15) is 10.5 Å². The minimum absolute atomic E-state index is 0.0461. The van der Waals surface area contributed by atoms with E-state index in [-0.39, 0.29) is 5.57 Å². The Hall–Kier alpha value is -4.21. The number of benzene rings is 2.